The van der Waals surface area contributed by atoms with Gasteiger partial charge in [-0.25, -0.2) is 0 Å². The third kappa shape index (κ3) is 3.29. The minimum absolute atomic E-state index is 0.182. The lowest BCUT2D eigenvalue weighted by atomic mass is 9.92. The average Bonchev–Trinajstić information content (AvgIpc) is 2.78. The van der Waals surface area contributed by atoms with Crippen molar-refractivity contribution in [2.45, 2.75) is 0 Å². The van der Waals surface area contributed by atoms with E-state index in [1.165, 1.54) is 4.90 Å². The molecule has 0 atom stereocenters. The summed E-state index contributed by atoms with van der Waals surface area (Å²) in [5.74, 6) is -0.363. The number of morpholine rings is 1. The van der Waals surface area contributed by atoms with E-state index in [9.17, 15) is 9.59 Å². The summed E-state index contributed by atoms with van der Waals surface area (Å²) < 4.78 is 5.38. The molecule has 152 valence electrons. The van der Waals surface area contributed by atoms with Crippen molar-refractivity contribution in [3.05, 3.63) is 41.5 Å². The van der Waals surface area contributed by atoms with E-state index in [-0.39, 0.29) is 11.8 Å². The van der Waals surface area contributed by atoms with E-state index in [4.69, 9.17) is 4.74 Å². The van der Waals surface area contributed by atoms with Gasteiger partial charge in [0.05, 0.1) is 13.2 Å². The summed E-state index contributed by atoms with van der Waals surface area (Å²) in [5.41, 5.74) is 2.38. The van der Waals surface area contributed by atoms with Crippen molar-refractivity contribution >= 4 is 28.3 Å². The Kier molecular flexibility index (Phi) is 4.95. The van der Waals surface area contributed by atoms with Crippen molar-refractivity contribution in [1.29, 1.82) is 0 Å². The molecule has 0 radical (unpaired) electrons. The van der Waals surface area contributed by atoms with Crippen LogP contribution in [0.3, 0.4) is 0 Å². The molecule has 2 fully saturated rings. The van der Waals surface area contributed by atoms with Crippen molar-refractivity contribution in [1.82, 2.24) is 15.1 Å². The summed E-state index contributed by atoms with van der Waals surface area (Å²) in [6.07, 6.45) is 0. The Hall–Kier alpha value is -2.48. The first kappa shape index (κ1) is 18.5. The third-order valence-electron chi connectivity index (χ3n) is 6.17. The summed E-state index contributed by atoms with van der Waals surface area (Å²) in [7, 11) is 0. The zero-order chi connectivity index (χ0) is 19.8. The predicted molar refractivity (Wildman–Crippen MR) is 112 cm³/mol. The molecule has 0 unspecified atom stereocenters. The zero-order valence-corrected chi connectivity index (χ0v) is 16.5. The lowest BCUT2D eigenvalue weighted by Gasteiger charge is -2.33. The molecule has 3 aliphatic rings. The topological polar surface area (TPSA) is 65.1 Å². The van der Waals surface area contributed by atoms with Crippen molar-refractivity contribution in [2.24, 2.45) is 0 Å². The van der Waals surface area contributed by atoms with Crippen molar-refractivity contribution in [2.75, 3.05) is 70.5 Å². The Morgan fingerprint density at radius 2 is 1.59 bits per heavy atom. The largest absolute Gasteiger partial charge is 0.379 e. The molecule has 0 aromatic heterocycles. The lowest BCUT2D eigenvalue weighted by molar-refractivity contribution is 0.0316. The van der Waals surface area contributed by atoms with Crippen LogP contribution in [0.1, 0.15) is 20.7 Å². The monoisotopic (exact) mass is 394 g/mol. The highest BCUT2D eigenvalue weighted by Gasteiger charge is 2.34. The highest BCUT2D eigenvalue weighted by Crippen LogP contribution is 2.36. The number of ether oxygens (including phenoxy) is 1. The highest BCUT2D eigenvalue weighted by atomic mass is 16.5. The molecule has 7 heteroatoms. The second-order valence-corrected chi connectivity index (χ2v) is 7.81. The van der Waals surface area contributed by atoms with E-state index in [0.717, 1.165) is 55.7 Å². The molecule has 0 bridgehead atoms. The molecule has 5 rings (SSSR count). The first-order chi connectivity index (χ1) is 14.2. The van der Waals surface area contributed by atoms with E-state index in [2.05, 4.69) is 15.1 Å². The van der Waals surface area contributed by atoms with Gasteiger partial charge < -0.3 is 15.0 Å². The SMILES string of the molecule is O=C1c2cccc3c(N4CCNCC4)ccc(c23)C(=O)N1CCN1CCOCC1. The lowest BCUT2D eigenvalue weighted by Crippen LogP contribution is -2.47. The second-order valence-electron chi connectivity index (χ2n) is 7.81. The van der Waals surface area contributed by atoms with Gasteiger partial charge in [0.1, 0.15) is 0 Å². The van der Waals surface area contributed by atoms with Crippen LogP contribution in [0.2, 0.25) is 0 Å². The van der Waals surface area contributed by atoms with Crippen LogP contribution in [0.15, 0.2) is 30.3 Å². The fourth-order valence-corrected chi connectivity index (χ4v) is 4.58. The van der Waals surface area contributed by atoms with E-state index in [1.807, 2.05) is 30.3 Å². The van der Waals surface area contributed by atoms with Crippen LogP contribution in [-0.2, 0) is 4.74 Å². The molecule has 29 heavy (non-hydrogen) atoms. The van der Waals surface area contributed by atoms with Gasteiger partial charge in [-0.2, -0.15) is 0 Å². The summed E-state index contributed by atoms with van der Waals surface area (Å²) >= 11 is 0. The maximum absolute atomic E-state index is 13.2. The molecule has 2 aromatic rings. The van der Waals surface area contributed by atoms with Gasteiger partial charge in [0, 0.05) is 79.9 Å². The number of carbonyl (C=O) groups is 2. The number of piperazine rings is 1. The molecule has 1 N–H and O–H groups in total. The maximum Gasteiger partial charge on any atom is 0.261 e. The number of nitrogens with one attached hydrogen (secondary N) is 1. The van der Waals surface area contributed by atoms with Crippen LogP contribution in [0, 0.1) is 0 Å². The second kappa shape index (κ2) is 7.74. The van der Waals surface area contributed by atoms with Crippen LogP contribution < -0.4 is 10.2 Å². The van der Waals surface area contributed by atoms with Crippen LogP contribution in [0.25, 0.3) is 10.8 Å². The molecular formula is C22H26N4O3. The molecule has 7 nitrogen and oxygen atoms in total. The molecule has 2 aromatic carbocycles. The Morgan fingerprint density at radius 3 is 2.34 bits per heavy atom. The number of carbonyl (C=O) groups excluding carboxylic acids is 2. The van der Waals surface area contributed by atoms with E-state index in [0.29, 0.717) is 37.4 Å². The summed E-state index contributed by atoms with van der Waals surface area (Å²) in [5, 5.41) is 5.17. The Bertz CT molecular complexity index is 926. The van der Waals surface area contributed by atoms with Gasteiger partial charge in [0.2, 0.25) is 0 Å². The van der Waals surface area contributed by atoms with Crippen molar-refractivity contribution < 1.29 is 14.3 Å². The summed E-state index contributed by atoms with van der Waals surface area (Å²) in [6.45, 7) is 7.92. The Morgan fingerprint density at radius 1 is 0.862 bits per heavy atom. The molecule has 3 heterocycles. The fourth-order valence-electron chi connectivity index (χ4n) is 4.58. The minimum atomic E-state index is -0.182. The number of benzene rings is 2. The number of anilines is 1. The molecule has 2 saturated heterocycles. The van der Waals surface area contributed by atoms with E-state index < -0.39 is 0 Å². The van der Waals surface area contributed by atoms with E-state index >= 15 is 0 Å². The highest BCUT2D eigenvalue weighted by molar-refractivity contribution is 6.26. The van der Waals surface area contributed by atoms with Crippen LogP contribution in [-0.4, -0.2) is 87.2 Å². The van der Waals surface area contributed by atoms with Crippen LogP contribution >= 0.6 is 0 Å². The number of hydrogen-bond donors (Lipinski definition) is 1. The first-order valence-electron chi connectivity index (χ1n) is 10.4. The number of hydrogen-bond acceptors (Lipinski definition) is 6. The van der Waals surface area contributed by atoms with Gasteiger partial charge in [-0.15, -0.1) is 0 Å². The quantitative estimate of drug-likeness (QED) is 0.786. The standard InChI is InChI=1S/C22H26N4O3/c27-21-17-3-1-2-16-19(25-8-6-23-7-9-25)5-4-18(20(16)17)22(28)26(21)11-10-24-12-14-29-15-13-24/h1-5,23H,6-15H2. The molecule has 3 aliphatic heterocycles. The summed E-state index contributed by atoms with van der Waals surface area (Å²) in [6, 6.07) is 9.76. The fraction of sp³-hybridized carbons (Fsp3) is 0.455. The van der Waals surface area contributed by atoms with Gasteiger partial charge in [0.25, 0.3) is 11.8 Å². The zero-order valence-electron chi connectivity index (χ0n) is 16.5. The van der Waals surface area contributed by atoms with Gasteiger partial charge >= 0.3 is 0 Å². The molecule has 0 spiro atoms. The molecular weight excluding hydrogens is 368 g/mol. The smallest absolute Gasteiger partial charge is 0.261 e. The predicted octanol–water partition coefficient (Wildman–Crippen LogP) is 1.18. The van der Waals surface area contributed by atoms with Crippen LogP contribution in [0.4, 0.5) is 5.69 Å². The van der Waals surface area contributed by atoms with Gasteiger partial charge in [0.15, 0.2) is 0 Å². The first-order valence-corrected chi connectivity index (χ1v) is 10.4. The average molecular weight is 394 g/mol. The molecule has 0 aliphatic carbocycles. The molecule has 0 saturated carbocycles. The van der Waals surface area contributed by atoms with Gasteiger partial charge in [-0.05, 0) is 18.2 Å². The maximum atomic E-state index is 13.2. The van der Waals surface area contributed by atoms with Crippen LogP contribution in [0.5, 0.6) is 0 Å². The van der Waals surface area contributed by atoms with Gasteiger partial charge in [-0.3, -0.25) is 19.4 Å². The van der Waals surface area contributed by atoms with E-state index in [1.54, 1.807) is 0 Å². The third-order valence-corrected chi connectivity index (χ3v) is 6.17. The number of nitrogens with zero attached hydrogens (tertiary/aromatic N) is 3. The van der Waals surface area contributed by atoms with Gasteiger partial charge in [-0.1, -0.05) is 12.1 Å². The Balaban J connectivity index is 1.47. The summed E-state index contributed by atoms with van der Waals surface area (Å²) in [4.78, 5) is 32.4. The van der Waals surface area contributed by atoms with Crippen molar-refractivity contribution in [3.8, 4) is 0 Å². The normalized spacial score (nSPS) is 20.6. The van der Waals surface area contributed by atoms with Crippen molar-refractivity contribution in [3.63, 3.8) is 0 Å². The number of imide groups is 1. The Labute approximate surface area is 170 Å². The minimum Gasteiger partial charge on any atom is -0.379 e. The number of rotatable bonds is 4. The number of amides is 2. The molecule has 2 amide bonds.